The molecule has 32 heavy (non-hydrogen) atoms. The van der Waals surface area contributed by atoms with Crippen LogP contribution in [-0.2, 0) is 9.59 Å². The molecular formula is C27H26N2O3. The van der Waals surface area contributed by atoms with Gasteiger partial charge in [-0.2, -0.15) is 0 Å². The van der Waals surface area contributed by atoms with Gasteiger partial charge in [-0.25, -0.2) is 4.90 Å². The van der Waals surface area contributed by atoms with Gasteiger partial charge in [0.05, 0.1) is 18.4 Å². The van der Waals surface area contributed by atoms with E-state index in [2.05, 4.69) is 0 Å². The van der Waals surface area contributed by atoms with Gasteiger partial charge in [-0.1, -0.05) is 36.4 Å². The molecule has 0 atom stereocenters. The molecule has 0 saturated heterocycles. The second-order valence-electron chi connectivity index (χ2n) is 7.75. The van der Waals surface area contributed by atoms with Crippen molar-refractivity contribution in [2.45, 2.75) is 20.8 Å². The molecular weight excluding hydrogens is 400 g/mol. The number of aryl methyl sites for hydroxylation is 2. The van der Waals surface area contributed by atoms with E-state index in [0.29, 0.717) is 29.3 Å². The number of carbonyl (C=O) groups is 2. The highest BCUT2D eigenvalue weighted by Crippen LogP contribution is 2.37. The Hall–Kier alpha value is -3.86. The Morgan fingerprint density at radius 2 is 1.53 bits per heavy atom. The smallest absolute Gasteiger partial charge is 0.282 e. The van der Waals surface area contributed by atoms with Crippen LogP contribution in [0.4, 0.5) is 11.4 Å². The summed E-state index contributed by atoms with van der Waals surface area (Å²) in [4.78, 5) is 30.6. The number of anilines is 2. The lowest BCUT2D eigenvalue weighted by Gasteiger charge is -2.25. The molecule has 0 aromatic heterocycles. The van der Waals surface area contributed by atoms with E-state index in [1.165, 1.54) is 4.90 Å². The highest BCUT2D eigenvalue weighted by atomic mass is 16.5. The Balaban J connectivity index is 1.90. The normalized spacial score (nSPS) is 13.7. The number of amides is 2. The fourth-order valence-corrected chi connectivity index (χ4v) is 3.97. The standard InChI is InChI=1S/C27H26N2O3/c1-5-28(21-9-7-6-8-10-21)25-24(20-12-11-18(2)19(3)17-20)26(30)29(27(25)31)22-13-15-23(32-4)16-14-22/h6-17H,5H2,1-4H3. The van der Waals surface area contributed by atoms with Gasteiger partial charge in [-0.05, 0) is 73.9 Å². The average molecular weight is 427 g/mol. The lowest BCUT2D eigenvalue weighted by molar-refractivity contribution is -0.120. The van der Waals surface area contributed by atoms with Crippen molar-refractivity contribution in [2.24, 2.45) is 0 Å². The maximum Gasteiger partial charge on any atom is 0.282 e. The molecule has 1 aliphatic heterocycles. The first-order valence-corrected chi connectivity index (χ1v) is 10.6. The highest BCUT2D eigenvalue weighted by molar-refractivity contribution is 6.46. The molecule has 1 aliphatic rings. The lowest BCUT2D eigenvalue weighted by atomic mass is 9.99. The van der Waals surface area contributed by atoms with Gasteiger partial charge in [-0.3, -0.25) is 9.59 Å². The average Bonchev–Trinajstić information content (AvgIpc) is 3.07. The maximum atomic E-state index is 13.8. The minimum atomic E-state index is -0.334. The van der Waals surface area contributed by atoms with Crippen LogP contribution in [0.5, 0.6) is 5.75 Å². The van der Waals surface area contributed by atoms with Crippen LogP contribution < -0.4 is 14.5 Å². The van der Waals surface area contributed by atoms with Gasteiger partial charge < -0.3 is 9.64 Å². The number of ether oxygens (including phenoxy) is 1. The number of para-hydroxylation sites is 1. The molecule has 0 bridgehead atoms. The van der Waals surface area contributed by atoms with Crippen LogP contribution in [0.3, 0.4) is 0 Å². The Morgan fingerprint density at radius 1 is 0.844 bits per heavy atom. The number of carbonyl (C=O) groups excluding carboxylic acids is 2. The second kappa shape index (κ2) is 8.71. The van der Waals surface area contributed by atoms with Crippen molar-refractivity contribution in [3.8, 4) is 5.75 Å². The number of hydrogen-bond acceptors (Lipinski definition) is 4. The van der Waals surface area contributed by atoms with Crippen molar-refractivity contribution >= 4 is 28.8 Å². The van der Waals surface area contributed by atoms with E-state index in [4.69, 9.17) is 4.74 Å². The second-order valence-corrected chi connectivity index (χ2v) is 7.75. The van der Waals surface area contributed by atoms with E-state index in [1.54, 1.807) is 31.4 Å². The van der Waals surface area contributed by atoms with E-state index in [0.717, 1.165) is 22.4 Å². The topological polar surface area (TPSA) is 49.9 Å². The molecule has 162 valence electrons. The van der Waals surface area contributed by atoms with Crippen molar-refractivity contribution in [3.63, 3.8) is 0 Å². The van der Waals surface area contributed by atoms with Crippen LogP contribution in [-0.4, -0.2) is 25.5 Å². The summed E-state index contributed by atoms with van der Waals surface area (Å²) >= 11 is 0. The molecule has 0 spiro atoms. The number of methoxy groups -OCH3 is 1. The third kappa shape index (κ3) is 3.66. The van der Waals surface area contributed by atoms with Gasteiger partial charge in [0.1, 0.15) is 11.4 Å². The van der Waals surface area contributed by atoms with E-state index in [9.17, 15) is 9.59 Å². The Bertz CT molecular complexity index is 1200. The molecule has 0 radical (unpaired) electrons. The summed E-state index contributed by atoms with van der Waals surface area (Å²) in [6.07, 6.45) is 0. The van der Waals surface area contributed by atoms with Crippen LogP contribution in [0, 0.1) is 13.8 Å². The van der Waals surface area contributed by atoms with Gasteiger partial charge in [0.15, 0.2) is 0 Å². The summed E-state index contributed by atoms with van der Waals surface area (Å²) in [5.41, 5.74) is 5.13. The molecule has 3 aromatic rings. The van der Waals surface area contributed by atoms with Crippen LogP contribution >= 0.6 is 0 Å². The first-order chi connectivity index (χ1) is 15.5. The third-order valence-electron chi connectivity index (χ3n) is 5.84. The minimum absolute atomic E-state index is 0.326. The van der Waals surface area contributed by atoms with Crippen molar-refractivity contribution in [3.05, 3.63) is 95.2 Å². The molecule has 0 N–H and O–H groups in total. The Labute approximate surface area is 188 Å². The molecule has 3 aromatic carbocycles. The summed E-state index contributed by atoms with van der Waals surface area (Å²) in [5.74, 6) is 0.00165. The third-order valence-corrected chi connectivity index (χ3v) is 5.84. The number of nitrogens with zero attached hydrogens (tertiary/aromatic N) is 2. The predicted molar refractivity (Wildman–Crippen MR) is 128 cm³/mol. The molecule has 0 unspecified atom stereocenters. The zero-order valence-electron chi connectivity index (χ0n) is 18.8. The van der Waals surface area contributed by atoms with Crippen molar-refractivity contribution in [1.82, 2.24) is 0 Å². The summed E-state index contributed by atoms with van der Waals surface area (Å²) in [6, 6.07) is 22.5. The van der Waals surface area contributed by atoms with Crippen LogP contribution in [0.1, 0.15) is 23.6 Å². The summed E-state index contributed by atoms with van der Waals surface area (Å²) in [5, 5.41) is 0. The number of benzene rings is 3. The Kier molecular flexibility index (Phi) is 5.82. The lowest BCUT2D eigenvalue weighted by Crippen LogP contribution is -2.35. The predicted octanol–water partition coefficient (Wildman–Crippen LogP) is 5.12. The van der Waals surface area contributed by atoms with E-state index in [-0.39, 0.29) is 11.8 Å². The molecule has 5 heteroatoms. The number of rotatable bonds is 6. The van der Waals surface area contributed by atoms with Gasteiger partial charge in [0.2, 0.25) is 0 Å². The monoisotopic (exact) mass is 426 g/mol. The van der Waals surface area contributed by atoms with E-state index in [1.807, 2.05) is 74.2 Å². The number of imide groups is 1. The zero-order chi connectivity index (χ0) is 22.8. The minimum Gasteiger partial charge on any atom is -0.497 e. The summed E-state index contributed by atoms with van der Waals surface area (Å²) in [7, 11) is 1.58. The first-order valence-electron chi connectivity index (χ1n) is 10.6. The fraction of sp³-hybridized carbons (Fsp3) is 0.185. The molecule has 0 fully saturated rings. The van der Waals surface area contributed by atoms with Crippen molar-refractivity contribution in [1.29, 1.82) is 0 Å². The van der Waals surface area contributed by atoms with Crippen molar-refractivity contribution in [2.75, 3.05) is 23.5 Å². The molecule has 2 amide bonds. The Morgan fingerprint density at radius 3 is 2.12 bits per heavy atom. The number of likely N-dealkylation sites (N-methyl/N-ethyl adjacent to an activating group) is 1. The SMILES string of the molecule is CCN(C1=C(c2ccc(C)c(C)c2)C(=O)N(c2ccc(OC)cc2)C1=O)c1ccccc1. The van der Waals surface area contributed by atoms with Gasteiger partial charge in [0.25, 0.3) is 11.8 Å². The maximum absolute atomic E-state index is 13.8. The van der Waals surface area contributed by atoms with E-state index < -0.39 is 0 Å². The molecule has 4 rings (SSSR count). The summed E-state index contributed by atoms with van der Waals surface area (Å²) < 4.78 is 5.23. The number of hydrogen-bond donors (Lipinski definition) is 0. The van der Waals surface area contributed by atoms with Crippen LogP contribution in [0.2, 0.25) is 0 Å². The quantitative estimate of drug-likeness (QED) is 0.513. The molecule has 1 heterocycles. The fourth-order valence-electron chi connectivity index (χ4n) is 3.97. The van der Waals surface area contributed by atoms with E-state index >= 15 is 0 Å². The molecule has 0 aliphatic carbocycles. The van der Waals surface area contributed by atoms with Crippen LogP contribution in [0.25, 0.3) is 5.57 Å². The molecule has 5 nitrogen and oxygen atoms in total. The van der Waals surface area contributed by atoms with Gasteiger partial charge in [0, 0.05) is 12.2 Å². The van der Waals surface area contributed by atoms with Gasteiger partial charge in [-0.15, -0.1) is 0 Å². The highest BCUT2D eigenvalue weighted by Gasteiger charge is 2.42. The van der Waals surface area contributed by atoms with Crippen molar-refractivity contribution < 1.29 is 14.3 Å². The molecule has 0 saturated carbocycles. The van der Waals surface area contributed by atoms with Gasteiger partial charge >= 0.3 is 0 Å². The zero-order valence-corrected chi connectivity index (χ0v) is 18.8. The summed E-state index contributed by atoms with van der Waals surface area (Å²) in [6.45, 7) is 6.56. The first kappa shape index (κ1) is 21.4. The largest absolute Gasteiger partial charge is 0.497 e. The van der Waals surface area contributed by atoms with Crippen LogP contribution in [0.15, 0.2) is 78.5 Å².